The summed E-state index contributed by atoms with van der Waals surface area (Å²) < 4.78 is 0. The molecule has 0 aliphatic carbocycles. The van der Waals surface area contributed by atoms with Gasteiger partial charge in [0, 0.05) is 0 Å². The van der Waals surface area contributed by atoms with E-state index in [4.69, 9.17) is 10.2 Å². The zero-order valence-corrected chi connectivity index (χ0v) is 7.93. The van der Waals surface area contributed by atoms with Gasteiger partial charge in [-0.25, -0.2) is 0 Å². The van der Waals surface area contributed by atoms with E-state index in [1.165, 1.54) is 0 Å². The van der Waals surface area contributed by atoms with Crippen molar-refractivity contribution in [2.24, 2.45) is 0 Å². The number of nitrogens with zero attached hydrogens (tertiary/aromatic N) is 1. The van der Waals surface area contributed by atoms with Crippen LogP contribution >= 0.6 is 0 Å². The molecular weight excluding hydrogens is 98.8 g/mol. The van der Waals surface area contributed by atoms with Crippen LogP contribution in [0.15, 0.2) is 0 Å². The zero-order valence-electron chi connectivity index (χ0n) is 3.93. The third kappa shape index (κ3) is 51.5. The summed E-state index contributed by atoms with van der Waals surface area (Å²) in [5.74, 6) is 0. The molecule has 6 heavy (non-hydrogen) atoms. The van der Waals surface area contributed by atoms with Gasteiger partial charge < -0.3 is 13.8 Å². The number of hydrogen-bond donors (Lipinski definition) is 0. The summed E-state index contributed by atoms with van der Waals surface area (Å²) in [6, 6.07) is 0. The van der Waals surface area contributed by atoms with Gasteiger partial charge in [0.05, 0.1) is 0 Å². The molecule has 0 aliphatic heterocycles. The second kappa shape index (κ2) is 32.0. The molecule has 0 atom stereocenters. The van der Waals surface area contributed by atoms with E-state index in [0.29, 0.717) is 6.08 Å². The molecule has 0 spiro atoms. The fourth-order valence-corrected chi connectivity index (χ4v) is 0. The normalized spacial score (nSPS) is 1.33. The van der Waals surface area contributed by atoms with Crippen LogP contribution in [0.5, 0.6) is 0 Å². The first-order valence-corrected chi connectivity index (χ1v) is 0.428. The van der Waals surface area contributed by atoms with Crippen LogP contribution in [0.2, 0.25) is 0 Å². The summed E-state index contributed by atoms with van der Waals surface area (Å²) >= 11 is 0. The molecule has 0 aromatic rings. The summed E-state index contributed by atoms with van der Waals surface area (Å²) in [5, 5.41) is 6.76. The van der Waals surface area contributed by atoms with Crippen molar-refractivity contribution in [1.29, 1.82) is 0 Å². The molecule has 0 aromatic heterocycles. The van der Waals surface area contributed by atoms with Crippen LogP contribution < -0.4 is 59.1 Å². The average molecular weight is 98.8 g/mol. The molecule has 0 fully saturated rings. The smallest absolute Gasteiger partial charge is 1.00 e. The zero-order chi connectivity index (χ0) is 2.71. The molecule has 20 valence electrons. The second-order valence-corrected chi connectivity index (χ2v) is 0.0913. The van der Waals surface area contributed by atoms with Crippen molar-refractivity contribution in [2.75, 3.05) is 0 Å². The van der Waals surface area contributed by atoms with E-state index in [2.05, 4.69) is 0 Å². The van der Waals surface area contributed by atoms with E-state index >= 15 is 0 Å². The molecule has 0 aliphatic rings. The quantitative estimate of drug-likeness (QED) is 0.169. The van der Waals surface area contributed by atoms with E-state index in [1.807, 2.05) is 0 Å². The van der Waals surface area contributed by atoms with E-state index in [1.54, 1.807) is 0 Å². The largest absolute Gasteiger partial charge is 1.00 e. The second-order valence-electron chi connectivity index (χ2n) is 0.0913. The fraction of sp³-hybridized carbons (Fsp3) is 0. The van der Waals surface area contributed by atoms with E-state index in [-0.39, 0.29) is 67.5 Å². The van der Waals surface area contributed by atoms with Gasteiger partial charge in [0.25, 0.3) is 0 Å². The number of isocyanates is 1. The number of hydrogen-bond acceptors (Lipinski definition) is 1. The van der Waals surface area contributed by atoms with Gasteiger partial charge in [0.15, 0.2) is 0 Å². The summed E-state index contributed by atoms with van der Waals surface area (Å²) in [4.78, 5) is 8.24. The van der Waals surface area contributed by atoms with Crippen LogP contribution in [0.4, 0.5) is 0 Å². The maximum Gasteiger partial charge on any atom is 1.00 e. The minimum atomic E-state index is 0. The minimum absolute atomic E-state index is 0. The molecule has 0 heterocycles. The van der Waals surface area contributed by atoms with Crippen LogP contribution in [-0.4, -0.2) is 14.5 Å². The molecule has 0 bridgehead atoms. The molecule has 2 nitrogen and oxygen atoms in total. The molecule has 0 saturated carbocycles. The Bertz CT molecular complexity index is 34.5. The predicted molar refractivity (Wildman–Crippen MR) is 14.8 cm³/mol. The van der Waals surface area contributed by atoms with Crippen molar-refractivity contribution in [3.63, 3.8) is 0 Å². The Morgan fingerprint density at radius 1 is 1.33 bits per heavy atom. The van der Waals surface area contributed by atoms with Gasteiger partial charge in [-0.15, -0.1) is 0 Å². The van der Waals surface area contributed by atoms with Gasteiger partial charge in [-0.05, 0) is 6.08 Å². The van der Waals surface area contributed by atoms with Gasteiger partial charge in [0.1, 0.15) is 0 Å². The Balaban J connectivity index is -0.00000000667. The molecule has 0 rings (SSSR count). The van der Waals surface area contributed by atoms with Crippen molar-refractivity contribution in [3.05, 3.63) is 5.41 Å². The topological polar surface area (TPSA) is 39.4 Å². The van der Waals surface area contributed by atoms with Gasteiger partial charge in [0.2, 0.25) is 0 Å². The first-order chi connectivity index (χ1) is 1.41. The standard InChI is InChI=1S/CNO.B.2Na/c2-1-3;;;/q2*-1;2*+1. The third-order valence-corrected chi connectivity index (χ3v) is 0. The van der Waals surface area contributed by atoms with Crippen LogP contribution in [0.25, 0.3) is 5.41 Å². The monoisotopic (exact) mass is 99.0 g/mol. The number of rotatable bonds is 0. The average Bonchev–Trinajstić information content (AvgIpc) is 0.918. The Morgan fingerprint density at radius 2 is 1.33 bits per heavy atom. The van der Waals surface area contributed by atoms with Crippen LogP contribution in [0.3, 0.4) is 0 Å². The van der Waals surface area contributed by atoms with Crippen LogP contribution in [-0.2, 0) is 4.79 Å². The van der Waals surface area contributed by atoms with Crippen LogP contribution in [0.1, 0.15) is 0 Å². The molecular formula is CBNNa2O. The molecule has 0 saturated heterocycles. The maximum atomic E-state index is 8.24. The first kappa shape index (κ1) is 26.1. The van der Waals surface area contributed by atoms with Crippen molar-refractivity contribution in [1.82, 2.24) is 0 Å². The summed E-state index contributed by atoms with van der Waals surface area (Å²) in [6.07, 6.45) is 0.500. The van der Waals surface area contributed by atoms with Crippen molar-refractivity contribution < 1.29 is 63.9 Å². The van der Waals surface area contributed by atoms with Gasteiger partial charge >= 0.3 is 59.1 Å². The Kier molecular flexibility index (Phi) is 139. The van der Waals surface area contributed by atoms with Crippen molar-refractivity contribution in [2.45, 2.75) is 0 Å². The first-order valence-electron chi connectivity index (χ1n) is 0.428. The Labute approximate surface area is 82.7 Å². The fourth-order valence-electron chi connectivity index (χ4n) is 0. The summed E-state index contributed by atoms with van der Waals surface area (Å²) in [5.41, 5.74) is 0. The summed E-state index contributed by atoms with van der Waals surface area (Å²) in [6.45, 7) is 0. The van der Waals surface area contributed by atoms with Crippen LogP contribution in [0, 0.1) is 0 Å². The maximum absolute atomic E-state index is 8.24. The molecule has 5 heteroatoms. The van der Waals surface area contributed by atoms with Crippen molar-refractivity contribution in [3.8, 4) is 0 Å². The SMILES string of the molecule is [B-].[N-]=C=O.[Na+].[Na+]. The Hall–Kier alpha value is 1.44. The van der Waals surface area contributed by atoms with Gasteiger partial charge in [-0.1, -0.05) is 0 Å². The third-order valence-electron chi connectivity index (χ3n) is 0. The predicted octanol–water partition coefficient (Wildman–Crippen LogP) is -6.48. The number of carbonyl (C=O) groups excluding carboxylic acids is 1. The molecule has 0 aromatic carbocycles. The molecule has 0 amide bonds. The Morgan fingerprint density at radius 3 is 1.33 bits per heavy atom. The van der Waals surface area contributed by atoms with Crippen molar-refractivity contribution >= 4 is 14.5 Å². The molecule has 0 N–H and O–H groups in total. The van der Waals surface area contributed by atoms with Gasteiger partial charge in [-0.2, -0.15) is 0 Å². The molecule has 0 unspecified atom stereocenters. The van der Waals surface area contributed by atoms with E-state index < -0.39 is 0 Å². The van der Waals surface area contributed by atoms with E-state index in [9.17, 15) is 0 Å². The summed E-state index contributed by atoms with van der Waals surface area (Å²) in [7, 11) is 0. The minimum Gasteiger partial charge on any atom is -1.00 e. The van der Waals surface area contributed by atoms with E-state index in [0.717, 1.165) is 0 Å². The molecule has 4 radical (unpaired) electrons. The van der Waals surface area contributed by atoms with Gasteiger partial charge in [-0.3, -0.25) is 4.79 Å².